The Morgan fingerprint density at radius 1 is 1.45 bits per heavy atom. The molecule has 1 aromatic rings. The number of halogens is 1. The van der Waals surface area contributed by atoms with Gasteiger partial charge in [-0.3, -0.25) is 4.90 Å². The van der Waals surface area contributed by atoms with Crippen molar-refractivity contribution in [2.24, 2.45) is 0 Å². The third kappa shape index (κ3) is 3.92. The van der Waals surface area contributed by atoms with E-state index < -0.39 is 23.9 Å². The third-order valence-corrected chi connectivity index (χ3v) is 2.63. The Bertz CT molecular complexity index is 481. The molecule has 0 saturated heterocycles. The molecule has 6 nitrogen and oxygen atoms in total. The molecule has 0 radical (unpaired) electrons. The second-order valence-corrected chi connectivity index (χ2v) is 3.99. The quantitative estimate of drug-likeness (QED) is 0.829. The maximum Gasteiger partial charge on any atom is 0.328 e. The van der Waals surface area contributed by atoms with Crippen molar-refractivity contribution in [2.45, 2.75) is 13.0 Å². The monoisotopic (exact) mass is 284 g/mol. The van der Waals surface area contributed by atoms with Gasteiger partial charge >= 0.3 is 12.0 Å². The number of urea groups is 1. The Hall–Kier alpha value is -2.15. The van der Waals surface area contributed by atoms with Crippen molar-refractivity contribution in [2.75, 3.05) is 25.2 Å². The number of carboxylic acid groups (broad SMARTS) is 1. The Balaban J connectivity index is 2.87. The van der Waals surface area contributed by atoms with E-state index >= 15 is 0 Å². The number of hydrogen-bond acceptors (Lipinski definition) is 3. The summed E-state index contributed by atoms with van der Waals surface area (Å²) in [7, 11) is 1.33. The summed E-state index contributed by atoms with van der Waals surface area (Å²) in [6.07, 6.45) is 0. The first-order valence-corrected chi connectivity index (χ1v) is 6.05. The zero-order chi connectivity index (χ0) is 15.1. The van der Waals surface area contributed by atoms with Crippen molar-refractivity contribution in [3.63, 3.8) is 0 Å². The first-order chi connectivity index (χ1) is 9.51. The molecule has 110 valence electrons. The van der Waals surface area contributed by atoms with Crippen LogP contribution in [0.2, 0.25) is 0 Å². The van der Waals surface area contributed by atoms with Crippen LogP contribution < -0.4 is 10.2 Å². The van der Waals surface area contributed by atoms with Crippen LogP contribution in [0.25, 0.3) is 0 Å². The van der Waals surface area contributed by atoms with E-state index in [4.69, 9.17) is 9.84 Å². The van der Waals surface area contributed by atoms with Crippen molar-refractivity contribution in [1.29, 1.82) is 0 Å². The number of aliphatic carboxylic acids is 1. The number of carboxylic acids is 1. The molecule has 0 spiro atoms. The van der Waals surface area contributed by atoms with Gasteiger partial charge in [-0.15, -0.1) is 0 Å². The van der Waals surface area contributed by atoms with Crippen LogP contribution in [0.3, 0.4) is 0 Å². The molecule has 20 heavy (non-hydrogen) atoms. The van der Waals surface area contributed by atoms with E-state index in [0.717, 1.165) is 4.90 Å². The minimum Gasteiger partial charge on any atom is -0.480 e. The van der Waals surface area contributed by atoms with Gasteiger partial charge in [-0.2, -0.15) is 0 Å². The number of rotatable bonds is 6. The molecule has 2 N–H and O–H groups in total. The molecule has 0 aliphatic rings. The van der Waals surface area contributed by atoms with E-state index in [-0.39, 0.29) is 18.8 Å². The average molecular weight is 284 g/mol. The number of benzene rings is 1. The maximum atomic E-state index is 13.7. The van der Waals surface area contributed by atoms with Gasteiger partial charge in [0.1, 0.15) is 5.82 Å². The number of para-hydroxylation sites is 1. The Labute approximate surface area is 116 Å². The van der Waals surface area contributed by atoms with Crippen molar-refractivity contribution in [3.8, 4) is 0 Å². The molecule has 1 rings (SSSR count). The summed E-state index contributed by atoms with van der Waals surface area (Å²) in [6.45, 7) is 1.69. The summed E-state index contributed by atoms with van der Waals surface area (Å²) in [4.78, 5) is 24.1. The second kappa shape index (κ2) is 7.44. The van der Waals surface area contributed by atoms with Crippen molar-refractivity contribution in [1.82, 2.24) is 5.32 Å². The van der Waals surface area contributed by atoms with E-state index in [1.165, 1.54) is 25.3 Å². The van der Waals surface area contributed by atoms with Crippen molar-refractivity contribution in [3.05, 3.63) is 30.1 Å². The summed E-state index contributed by atoms with van der Waals surface area (Å²) in [6, 6.07) is 3.91. The highest BCUT2D eigenvalue weighted by atomic mass is 19.1. The van der Waals surface area contributed by atoms with Crippen LogP contribution in [0.1, 0.15) is 6.92 Å². The highest BCUT2D eigenvalue weighted by molar-refractivity contribution is 5.94. The highest BCUT2D eigenvalue weighted by Crippen LogP contribution is 2.18. The van der Waals surface area contributed by atoms with Gasteiger partial charge in [0.15, 0.2) is 6.04 Å². The smallest absolute Gasteiger partial charge is 0.328 e. The largest absolute Gasteiger partial charge is 0.480 e. The van der Waals surface area contributed by atoms with E-state index in [0.29, 0.717) is 0 Å². The molecular weight excluding hydrogens is 267 g/mol. The van der Waals surface area contributed by atoms with Gasteiger partial charge in [-0.05, 0) is 19.1 Å². The lowest BCUT2D eigenvalue weighted by atomic mass is 10.2. The van der Waals surface area contributed by atoms with Gasteiger partial charge in [-0.25, -0.2) is 14.0 Å². The normalized spacial score (nSPS) is 11.8. The number of ether oxygens (including phenoxy) is 1. The Kier molecular flexibility index (Phi) is 5.92. The van der Waals surface area contributed by atoms with Gasteiger partial charge in [0.25, 0.3) is 0 Å². The lowest BCUT2D eigenvalue weighted by Crippen LogP contribution is -2.50. The number of methoxy groups -OCH3 is 1. The summed E-state index contributed by atoms with van der Waals surface area (Å²) in [5.74, 6) is -1.77. The molecule has 0 heterocycles. The number of anilines is 1. The number of amides is 2. The van der Waals surface area contributed by atoms with Gasteiger partial charge in [0, 0.05) is 13.7 Å². The Morgan fingerprint density at radius 3 is 2.60 bits per heavy atom. The van der Waals surface area contributed by atoms with Crippen molar-refractivity contribution >= 4 is 17.7 Å². The average Bonchev–Trinajstić information content (AvgIpc) is 2.41. The fraction of sp³-hybridized carbons (Fsp3) is 0.385. The number of nitrogens with one attached hydrogen (secondary N) is 1. The summed E-state index contributed by atoms with van der Waals surface area (Å²) in [5.41, 5.74) is 0.0917. The van der Waals surface area contributed by atoms with Crippen LogP contribution in [0, 0.1) is 5.82 Å². The molecule has 1 unspecified atom stereocenters. The molecular formula is C13H17FN2O4. The van der Waals surface area contributed by atoms with Crippen molar-refractivity contribution < 1.29 is 23.8 Å². The standard InChI is InChI=1S/C13H17FN2O4/c1-3-16(11-7-5-4-6-9(11)14)13(19)15-10(8-20-2)12(17)18/h4-7,10H,3,8H2,1-2H3,(H,15,19)(H,17,18). The minimum absolute atomic E-state index is 0.0917. The molecule has 0 aliphatic heterocycles. The Morgan fingerprint density at radius 2 is 2.10 bits per heavy atom. The van der Waals surface area contributed by atoms with Crippen LogP contribution in [-0.4, -0.2) is 43.4 Å². The van der Waals surface area contributed by atoms with Crippen LogP contribution in [-0.2, 0) is 9.53 Å². The molecule has 1 atom stereocenters. The molecule has 0 fully saturated rings. The zero-order valence-electron chi connectivity index (χ0n) is 11.3. The fourth-order valence-electron chi connectivity index (χ4n) is 1.66. The van der Waals surface area contributed by atoms with Crippen LogP contribution >= 0.6 is 0 Å². The molecule has 0 saturated carbocycles. The van der Waals surface area contributed by atoms with E-state index in [9.17, 15) is 14.0 Å². The molecule has 0 bridgehead atoms. The molecule has 0 aliphatic carbocycles. The van der Waals surface area contributed by atoms with Gasteiger partial charge < -0.3 is 15.2 Å². The summed E-state index contributed by atoms with van der Waals surface area (Å²) >= 11 is 0. The highest BCUT2D eigenvalue weighted by Gasteiger charge is 2.24. The second-order valence-electron chi connectivity index (χ2n) is 3.99. The predicted octanol–water partition coefficient (Wildman–Crippen LogP) is 1.46. The minimum atomic E-state index is -1.22. The maximum absolute atomic E-state index is 13.7. The number of carbonyl (C=O) groups is 2. The first kappa shape index (κ1) is 15.9. The van der Waals surface area contributed by atoms with E-state index in [1.807, 2.05) is 0 Å². The van der Waals surface area contributed by atoms with Gasteiger partial charge in [0.05, 0.1) is 12.3 Å². The summed E-state index contributed by atoms with van der Waals surface area (Å²) in [5, 5.41) is 11.2. The molecule has 0 aromatic heterocycles. The number of carbonyl (C=O) groups excluding carboxylic acids is 1. The topological polar surface area (TPSA) is 78.9 Å². The third-order valence-electron chi connectivity index (χ3n) is 2.63. The van der Waals surface area contributed by atoms with Crippen LogP contribution in [0.5, 0.6) is 0 Å². The predicted molar refractivity (Wildman–Crippen MR) is 71.3 cm³/mol. The molecule has 2 amide bonds. The lowest BCUT2D eigenvalue weighted by molar-refractivity contribution is -0.140. The first-order valence-electron chi connectivity index (χ1n) is 6.05. The van der Waals surface area contributed by atoms with Gasteiger partial charge in [-0.1, -0.05) is 12.1 Å². The van der Waals surface area contributed by atoms with Gasteiger partial charge in [0.2, 0.25) is 0 Å². The van der Waals surface area contributed by atoms with E-state index in [1.54, 1.807) is 13.0 Å². The lowest BCUT2D eigenvalue weighted by Gasteiger charge is -2.24. The number of nitrogens with zero attached hydrogens (tertiary/aromatic N) is 1. The summed E-state index contributed by atoms with van der Waals surface area (Å²) < 4.78 is 18.4. The van der Waals surface area contributed by atoms with Crippen LogP contribution in [0.4, 0.5) is 14.9 Å². The zero-order valence-corrected chi connectivity index (χ0v) is 11.3. The molecule has 7 heteroatoms. The van der Waals surface area contributed by atoms with E-state index in [2.05, 4.69) is 5.32 Å². The fourth-order valence-corrected chi connectivity index (χ4v) is 1.66. The SMILES string of the molecule is CCN(C(=O)NC(COC)C(=O)O)c1ccccc1F. The molecule has 1 aromatic carbocycles. The van der Waals surface area contributed by atoms with Crippen LogP contribution in [0.15, 0.2) is 24.3 Å². The number of hydrogen-bond donors (Lipinski definition) is 2.